The van der Waals surface area contributed by atoms with Gasteiger partial charge in [0.2, 0.25) is 0 Å². The fourth-order valence-electron chi connectivity index (χ4n) is 2.50. The predicted octanol–water partition coefficient (Wildman–Crippen LogP) is 4.22. The molecule has 2 N–H and O–H groups in total. The van der Waals surface area contributed by atoms with E-state index < -0.39 is 0 Å². The molecule has 0 spiro atoms. The van der Waals surface area contributed by atoms with E-state index in [1.807, 2.05) is 30.5 Å². The third kappa shape index (κ3) is 3.03. The topological polar surface area (TPSA) is 44.9 Å². The first-order valence-electron chi connectivity index (χ1n) is 7.57. The Hall–Kier alpha value is -2.55. The van der Waals surface area contributed by atoms with Gasteiger partial charge in [-0.2, -0.15) is 0 Å². The number of benzene rings is 2. The molecule has 0 bridgehead atoms. The smallest absolute Gasteiger partial charge is 0.251 e. The minimum Gasteiger partial charge on any atom is -0.361 e. The van der Waals surface area contributed by atoms with E-state index in [0.29, 0.717) is 18.0 Å². The summed E-state index contributed by atoms with van der Waals surface area (Å²) >= 11 is 0. The van der Waals surface area contributed by atoms with Crippen LogP contribution in [0, 0.1) is 0 Å². The lowest BCUT2D eigenvalue weighted by atomic mass is 10.0. The van der Waals surface area contributed by atoms with Crippen LogP contribution in [0.4, 0.5) is 0 Å². The van der Waals surface area contributed by atoms with Gasteiger partial charge in [0.1, 0.15) is 0 Å². The van der Waals surface area contributed by atoms with Crippen molar-refractivity contribution in [1.82, 2.24) is 10.3 Å². The number of aromatic amines is 1. The molecule has 0 saturated carbocycles. The fraction of sp³-hybridized carbons (Fsp3) is 0.211. The summed E-state index contributed by atoms with van der Waals surface area (Å²) in [4.78, 5) is 15.4. The maximum absolute atomic E-state index is 12.2. The highest BCUT2D eigenvalue weighted by Crippen LogP contribution is 2.16. The van der Waals surface area contributed by atoms with Crippen LogP contribution < -0.4 is 5.32 Å². The van der Waals surface area contributed by atoms with E-state index >= 15 is 0 Å². The highest BCUT2D eigenvalue weighted by molar-refractivity contribution is 5.98. The molecular formula is C19H20N2O. The zero-order valence-electron chi connectivity index (χ0n) is 12.9. The lowest BCUT2D eigenvalue weighted by Gasteiger charge is -2.08. The van der Waals surface area contributed by atoms with Gasteiger partial charge in [0, 0.05) is 29.2 Å². The number of aromatic nitrogens is 1. The molecule has 0 aliphatic heterocycles. The maximum Gasteiger partial charge on any atom is 0.251 e. The van der Waals surface area contributed by atoms with Gasteiger partial charge in [-0.25, -0.2) is 0 Å². The monoisotopic (exact) mass is 292 g/mol. The normalized spacial score (nSPS) is 11.0. The van der Waals surface area contributed by atoms with E-state index in [9.17, 15) is 4.79 Å². The van der Waals surface area contributed by atoms with Gasteiger partial charge in [-0.3, -0.25) is 4.79 Å². The number of amides is 1. The summed E-state index contributed by atoms with van der Waals surface area (Å²) in [6.45, 7) is 4.89. The Morgan fingerprint density at radius 3 is 2.59 bits per heavy atom. The Balaban J connectivity index is 1.66. The Labute approximate surface area is 130 Å². The number of hydrogen-bond donors (Lipinski definition) is 2. The van der Waals surface area contributed by atoms with Crippen LogP contribution in [0.25, 0.3) is 10.9 Å². The Bertz CT molecular complexity index is 785. The molecule has 3 rings (SSSR count). The Kier molecular flexibility index (Phi) is 3.96. The second-order valence-corrected chi connectivity index (χ2v) is 5.86. The summed E-state index contributed by atoms with van der Waals surface area (Å²) in [6, 6.07) is 16.0. The van der Waals surface area contributed by atoms with Crippen molar-refractivity contribution in [1.29, 1.82) is 0 Å². The van der Waals surface area contributed by atoms with Gasteiger partial charge >= 0.3 is 0 Å². The molecule has 0 unspecified atom stereocenters. The number of carbonyl (C=O) groups excluding carboxylic acids is 1. The largest absolute Gasteiger partial charge is 0.361 e. The van der Waals surface area contributed by atoms with Crippen LogP contribution in [0.2, 0.25) is 0 Å². The van der Waals surface area contributed by atoms with Gasteiger partial charge in [0.05, 0.1) is 0 Å². The van der Waals surface area contributed by atoms with Gasteiger partial charge in [-0.1, -0.05) is 38.1 Å². The number of fused-ring (bicyclic) bond motifs is 1. The average Bonchev–Trinajstić information content (AvgIpc) is 3.00. The number of H-pyrrole nitrogens is 1. The zero-order chi connectivity index (χ0) is 15.5. The van der Waals surface area contributed by atoms with E-state index in [2.05, 4.69) is 48.4 Å². The van der Waals surface area contributed by atoms with Gasteiger partial charge in [-0.05, 0) is 41.3 Å². The van der Waals surface area contributed by atoms with Gasteiger partial charge in [0.15, 0.2) is 0 Å². The molecule has 0 saturated heterocycles. The summed E-state index contributed by atoms with van der Waals surface area (Å²) in [7, 11) is 0. The summed E-state index contributed by atoms with van der Waals surface area (Å²) < 4.78 is 0. The van der Waals surface area contributed by atoms with Crippen molar-refractivity contribution in [2.24, 2.45) is 0 Å². The SMILES string of the molecule is CC(C)c1ccc(CNC(=O)c2ccc3[nH]ccc3c2)cc1. The molecule has 0 atom stereocenters. The van der Waals surface area contributed by atoms with Crippen LogP contribution in [0.1, 0.15) is 41.3 Å². The zero-order valence-corrected chi connectivity index (χ0v) is 12.9. The minimum atomic E-state index is -0.0453. The molecule has 3 nitrogen and oxygen atoms in total. The maximum atomic E-state index is 12.2. The van der Waals surface area contributed by atoms with Crippen LogP contribution in [0.5, 0.6) is 0 Å². The molecule has 0 aliphatic carbocycles. The molecule has 3 aromatic rings. The standard InChI is InChI=1S/C19H20N2O/c1-13(2)15-5-3-14(4-6-15)12-21-19(22)17-7-8-18-16(11-17)9-10-20-18/h3-11,13,20H,12H2,1-2H3,(H,21,22). The highest BCUT2D eigenvalue weighted by atomic mass is 16.1. The second-order valence-electron chi connectivity index (χ2n) is 5.86. The van der Waals surface area contributed by atoms with Crippen LogP contribution in [0.3, 0.4) is 0 Å². The molecule has 22 heavy (non-hydrogen) atoms. The average molecular weight is 292 g/mol. The Morgan fingerprint density at radius 1 is 1.09 bits per heavy atom. The van der Waals surface area contributed by atoms with Crippen LogP contribution in [-0.2, 0) is 6.54 Å². The first-order valence-corrected chi connectivity index (χ1v) is 7.57. The summed E-state index contributed by atoms with van der Waals surface area (Å²) in [5.74, 6) is 0.479. The van der Waals surface area contributed by atoms with Gasteiger partial charge < -0.3 is 10.3 Å². The number of hydrogen-bond acceptors (Lipinski definition) is 1. The van der Waals surface area contributed by atoms with E-state index in [1.54, 1.807) is 0 Å². The van der Waals surface area contributed by atoms with Crippen LogP contribution in [-0.4, -0.2) is 10.9 Å². The van der Waals surface area contributed by atoms with Crippen molar-refractivity contribution < 1.29 is 4.79 Å². The van der Waals surface area contributed by atoms with Crippen molar-refractivity contribution in [3.63, 3.8) is 0 Å². The van der Waals surface area contributed by atoms with E-state index in [1.165, 1.54) is 5.56 Å². The summed E-state index contributed by atoms with van der Waals surface area (Å²) in [5.41, 5.74) is 4.15. The number of carbonyl (C=O) groups is 1. The van der Waals surface area contributed by atoms with Crippen molar-refractivity contribution in [2.45, 2.75) is 26.3 Å². The van der Waals surface area contributed by atoms with E-state index in [-0.39, 0.29) is 5.91 Å². The quantitative estimate of drug-likeness (QED) is 0.743. The third-order valence-electron chi connectivity index (χ3n) is 3.91. The van der Waals surface area contributed by atoms with Gasteiger partial charge in [-0.15, -0.1) is 0 Å². The van der Waals surface area contributed by atoms with Crippen molar-refractivity contribution in [2.75, 3.05) is 0 Å². The Morgan fingerprint density at radius 2 is 1.86 bits per heavy atom. The van der Waals surface area contributed by atoms with Crippen LogP contribution in [0.15, 0.2) is 54.7 Å². The fourth-order valence-corrected chi connectivity index (χ4v) is 2.50. The number of rotatable bonds is 4. The van der Waals surface area contributed by atoms with Gasteiger partial charge in [0.25, 0.3) is 5.91 Å². The van der Waals surface area contributed by atoms with Crippen molar-refractivity contribution in [3.8, 4) is 0 Å². The van der Waals surface area contributed by atoms with Crippen molar-refractivity contribution in [3.05, 3.63) is 71.4 Å². The minimum absolute atomic E-state index is 0.0453. The first-order chi connectivity index (χ1) is 10.6. The van der Waals surface area contributed by atoms with Crippen molar-refractivity contribution >= 4 is 16.8 Å². The molecule has 0 radical (unpaired) electrons. The molecular weight excluding hydrogens is 272 g/mol. The van der Waals surface area contributed by atoms with E-state index in [0.717, 1.165) is 16.5 Å². The second kappa shape index (κ2) is 6.06. The third-order valence-corrected chi connectivity index (χ3v) is 3.91. The summed E-state index contributed by atoms with van der Waals surface area (Å²) in [5, 5.41) is 4.02. The molecule has 1 aromatic heterocycles. The molecule has 112 valence electrons. The van der Waals surface area contributed by atoms with Crippen LogP contribution >= 0.6 is 0 Å². The van der Waals surface area contributed by atoms with E-state index in [4.69, 9.17) is 0 Å². The molecule has 1 heterocycles. The summed E-state index contributed by atoms with van der Waals surface area (Å²) in [6.07, 6.45) is 1.88. The molecule has 0 fully saturated rings. The lowest BCUT2D eigenvalue weighted by Crippen LogP contribution is -2.22. The lowest BCUT2D eigenvalue weighted by molar-refractivity contribution is 0.0951. The predicted molar refractivity (Wildman–Crippen MR) is 90.0 cm³/mol. The molecule has 1 amide bonds. The molecule has 3 heteroatoms. The number of nitrogens with one attached hydrogen (secondary N) is 2. The first kappa shape index (κ1) is 14.4. The molecule has 2 aromatic carbocycles. The molecule has 0 aliphatic rings. The highest BCUT2D eigenvalue weighted by Gasteiger charge is 2.07.